The third-order valence-corrected chi connectivity index (χ3v) is 3.74. The van der Waals surface area contributed by atoms with Gasteiger partial charge in [0, 0.05) is 17.3 Å². The molecule has 0 fully saturated rings. The van der Waals surface area contributed by atoms with Gasteiger partial charge >= 0.3 is 0 Å². The summed E-state index contributed by atoms with van der Waals surface area (Å²) in [5, 5.41) is 14.0. The molecule has 0 bridgehead atoms. The number of aromatic nitrogens is 2. The summed E-state index contributed by atoms with van der Waals surface area (Å²) in [5.74, 6) is 0.832. The molecule has 0 aliphatic carbocycles. The third kappa shape index (κ3) is 4.07. The Labute approximate surface area is 125 Å². The molecule has 0 aliphatic heterocycles. The first-order chi connectivity index (χ1) is 9.83. The van der Waals surface area contributed by atoms with E-state index >= 15 is 0 Å². The highest BCUT2D eigenvalue weighted by atomic mass is 35.5. The van der Waals surface area contributed by atoms with Crippen LogP contribution in [0.1, 0.15) is 45.4 Å². The van der Waals surface area contributed by atoms with E-state index in [-0.39, 0.29) is 0 Å². The van der Waals surface area contributed by atoms with Crippen LogP contribution in [0.5, 0.6) is 0 Å². The van der Waals surface area contributed by atoms with Crippen molar-refractivity contribution in [3.63, 3.8) is 0 Å². The summed E-state index contributed by atoms with van der Waals surface area (Å²) >= 11 is 6.06. The predicted molar refractivity (Wildman–Crippen MR) is 86.4 cm³/mol. The van der Waals surface area contributed by atoms with Crippen LogP contribution in [-0.2, 0) is 0 Å². The number of anilines is 1. The summed E-state index contributed by atoms with van der Waals surface area (Å²) in [6.07, 6.45) is 7.75. The molecule has 0 aliphatic rings. The summed E-state index contributed by atoms with van der Waals surface area (Å²) in [7, 11) is 0. The number of halogens is 1. The first-order valence-corrected chi connectivity index (χ1v) is 7.85. The van der Waals surface area contributed by atoms with E-state index in [9.17, 15) is 0 Å². The van der Waals surface area contributed by atoms with Crippen molar-refractivity contribution in [2.24, 2.45) is 0 Å². The molecule has 1 N–H and O–H groups in total. The number of unbranched alkanes of at least 4 members (excludes halogenated alkanes) is 5. The van der Waals surface area contributed by atoms with Gasteiger partial charge in [-0.3, -0.25) is 0 Å². The van der Waals surface area contributed by atoms with E-state index < -0.39 is 0 Å². The van der Waals surface area contributed by atoms with E-state index in [0.29, 0.717) is 5.15 Å². The topological polar surface area (TPSA) is 37.8 Å². The number of nitrogens with one attached hydrogen (secondary N) is 1. The molecule has 1 aromatic heterocycles. The Kier molecular flexibility index (Phi) is 6.06. The SMILES string of the molecule is CCCCCCCCNc1nnc(Cl)c2ccccc12. The van der Waals surface area contributed by atoms with Crippen LogP contribution in [0.2, 0.25) is 5.15 Å². The fraction of sp³-hybridized carbons (Fsp3) is 0.500. The molecule has 0 unspecified atom stereocenters. The molecular weight excluding hydrogens is 270 g/mol. The van der Waals surface area contributed by atoms with Gasteiger partial charge in [-0.15, -0.1) is 10.2 Å². The number of benzene rings is 1. The molecule has 0 spiro atoms. The second-order valence-corrected chi connectivity index (χ2v) is 5.44. The highest BCUT2D eigenvalue weighted by Crippen LogP contribution is 2.25. The molecule has 20 heavy (non-hydrogen) atoms. The van der Waals surface area contributed by atoms with Gasteiger partial charge in [-0.05, 0) is 6.42 Å². The minimum absolute atomic E-state index is 0.464. The molecule has 1 aromatic carbocycles. The quantitative estimate of drug-likeness (QED) is 0.691. The minimum atomic E-state index is 0.464. The number of fused-ring (bicyclic) bond motifs is 1. The summed E-state index contributed by atoms with van der Waals surface area (Å²) in [6, 6.07) is 7.96. The Hall–Kier alpha value is -1.35. The summed E-state index contributed by atoms with van der Waals surface area (Å²) in [4.78, 5) is 0. The Morgan fingerprint density at radius 2 is 1.65 bits per heavy atom. The lowest BCUT2D eigenvalue weighted by atomic mass is 10.1. The van der Waals surface area contributed by atoms with E-state index in [1.165, 1.54) is 38.5 Å². The van der Waals surface area contributed by atoms with Gasteiger partial charge in [0.2, 0.25) is 0 Å². The lowest BCUT2D eigenvalue weighted by Gasteiger charge is -2.08. The van der Waals surface area contributed by atoms with Gasteiger partial charge in [-0.25, -0.2) is 0 Å². The van der Waals surface area contributed by atoms with E-state index in [4.69, 9.17) is 11.6 Å². The summed E-state index contributed by atoms with van der Waals surface area (Å²) in [6.45, 7) is 3.18. The Bertz CT molecular complexity index is 542. The van der Waals surface area contributed by atoms with Gasteiger partial charge < -0.3 is 5.32 Å². The maximum absolute atomic E-state index is 6.06. The Morgan fingerprint density at radius 3 is 2.45 bits per heavy atom. The highest BCUT2D eigenvalue weighted by Gasteiger charge is 2.06. The first kappa shape index (κ1) is 15.0. The molecule has 0 saturated carbocycles. The van der Waals surface area contributed by atoms with Crippen molar-refractivity contribution in [1.29, 1.82) is 0 Å². The van der Waals surface area contributed by atoms with Crippen LogP contribution in [-0.4, -0.2) is 16.7 Å². The first-order valence-electron chi connectivity index (χ1n) is 7.47. The van der Waals surface area contributed by atoms with E-state index in [1.54, 1.807) is 0 Å². The van der Waals surface area contributed by atoms with Gasteiger partial charge in [0.15, 0.2) is 11.0 Å². The molecule has 0 radical (unpaired) electrons. The molecule has 2 rings (SSSR count). The lowest BCUT2D eigenvalue weighted by molar-refractivity contribution is 0.616. The summed E-state index contributed by atoms with van der Waals surface area (Å²) in [5.41, 5.74) is 0. The maximum atomic E-state index is 6.06. The van der Waals surface area contributed by atoms with Crippen molar-refractivity contribution in [3.8, 4) is 0 Å². The molecule has 0 atom stereocenters. The maximum Gasteiger partial charge on any atom is 0.159 e. The molecule has 0 saturated heterocycles. The van der Waals surface area contributed by atoms with Crippen LogP contribution < -0.4 is 5.32 Å². The molecule has 108 valence electrons. The lowest BCUT2D eigenvalue weighted by Crippen LogP contribution is -2.05. The van der Waals surface area contributed by atoms with Gasteiger partial charge in [-0.2, -0.15) is 0 Å². The zero-order valence-electron chi connectivity index (χ0n) is 12.0. The summed E-state index contributed by atoms with van der Waals surface area (Å²) < 4.78 is 0. The smallest absolute Gasteiger partial charge is 0.159 e. The van der Waals surface area contributed by atoms with Crippen molar-refractivity contribution in [3.05, 3.63) is 29.4 Å². The molecular formula is C16H22ClN3. The van der Waals surface area contributed by atoms with Crippen molar-refractivity contribution >= 4 is 28.2 Å². The zero-order chi connectivity index (χ0) is 14.2. The molecule has 4 heteroatoms. The Morgan fingerprint density at radius 1 is 0.950 bits per heavy atom. The standard InChI is InChI=1S/C16H22ClN3/c1-2-3-4-5-6-9-12-18-16-14-11-8-7-10-13(14)15(17)19-20-16/h7-8,10-11H,2-6,9,12H2,1H3,(H,18,20). The average molecular weight is 292 g/mol. The zero-order valence-corrected chi connectivity index (χ0v) is 12.8. The van der Waals surface area contributed by atoms with Gasteiger partial charge in [0.1, 0.15) is 0 Å². The number of hydrogen-bond donors (Lipinski definition) is 1. The van der Waals surface area contributed by atoms with Crippen molar-refractivity contribution in [2.45, 2.75) is 45.4 Å². The molecule has 1 heterocycles. The Balaban J connectivity index is 1.86. The minimum Gasteiger partial charge on any atom is -0.368 e. The molecule has 0 amide bonds. The van der Waals surface area contributed by atoms with Crippen molar-refractivity contribution in [1.82, 2.24) is 10.2 Å². The average Bonchev–Trinajstić information content (AvgIpc) is 2.49. The van der Waals surface area contributed by atoms with Crippen LogP contribution in [0.3, 0.4) is 0 Å². The van der Waals surface area contributed by atoms with E-state index in [1.807, 2.05) is 24.3 Å². The molecule has 2 aromatic rings. The van der Waals surface area contributed by atoms with Crippen molar-refractivity contribution < 1.29 is 0 Å². The monoisotopic (exact) mass is 291 g/mol. The second kappa shape index (κ2) is 8.05. The third-order valence-electron chi connectivity index (χ3n) is 3.47. The van der Waals surface area contributed by atoms with Crippen LogP contribution in [0.25, 0.3) is 10.8 Å². The number of nitrogens with zero attached hydrogens (tertiary/aromatic N) is 2. The van der Waals surface area contributed by atoms with E-state index in [2.05, 4.69) is 22.4 Å². The van der Waals surface area contributed by atoms with Crippen LogP contribution in [0, 0.1) is 0 Å². The second-order valence-electron chi connectivity index (χ2n) is 5.08. The molecule has 3 nitrogen and oxygen atoms in total. The largest absolute Gasteiger partial charge is 0.368 e. The fourth-order valence-corrected chi connectivity index (χ4v) is 2.52. The van der Waals surface area contributed by atoms with E-state index in [0.717, 1.165) is 23.1 Å². The van der Waals surface area contributed by atoms with Crippen LogP contribution in [0.15, 0.2) is 24.3 Å². The highest BCUT2D eigenvalue weighted by molar-refractivity contribution is 6.34. The van der Waals surface area contributed by atoms with Crippen LogP contribution in [0.4, 0.5) is 5.82 Å². The fourth-order valence-electron chi connectivity index (χ4n) is 2.31. The number of hydrogen-bond acceptors (Lipinski definition) is 3. The number of rotatable bonds is 8. The van der Waals surface area contributed by atoms with Gasteiger partial charge in [-0.1, -0.05) is 74.9 Å². The normalized spacial score (nSPS) is 10.9. The van der Waals surface area contributed by atoms with Crippen LogP contribution >= 0.6 is 11.6 Å². The predicted octanol–water partition coefficient (Wildman–Crippen LogP) is 5.06. The van der Waals surface area contributed by atoms with Gasteiger partial charge in [0.05, 0.1) is 0 Å². The van der Waals surface area contributed by atoms with Gasteiger partial charge in [0.25, 0.3) is 0 Å². The van der Waals surface area contributed by atoms with Crippen molar-refractivity contribution in [2.75, 3.05) is 11.9 Å².